The highest BCUT2D eigenvalue weighted by molar-refractivity contribution is 6.30. The zero-order valence-corrected chi connectivity index (χ0v) is 21.1. The smallest absolute Gasteiger partial charge is 0.305 e. The van der Waals surface area contributed by atoms with Gasteiger partial charge in [-0.05, 0) is 72.7 Å². The first-order chi connectivity index (χ1) is 16.5. The highest BCUT2D eigenvalue weighted by Gasteiger charge is 2.35. The van der Waals surface area contributed by atoms with E-state index in [9.17, 15) is 4.79 Å². The summed E-state index contributed by atoms with van der Waals surface area (Å²) in [5, 5.41) is 0.762. The van der Waals surface area contributed by atoms with E-state index in [4.69, 9.17) is 25.8 Å². The maximum absolute atomic E-state index is 11.9. The number of esters is 1. The summed E-state index contributed by atoms with van der Waals surface area (Å²) < 4.78 is 16.0. The van der Waals surface area contributed by atoms with Crippen LogP contribution < -0.4 is 9.47 Å². The second-order valence-electron chi connectivity index (χ2n) is 9.29. The Morgan fingerprint density at radius 3 is 2.41 bits per heavy atom. The van der Waals surface area contributed by atoms with E-state index in [1.165, 1.54) is 23.8 Å². The molecule has 0 saturated carbocycles. The van der Waals surface area contributed by atoms with Gasteiger partial charge in [-0.3, -0.25) is 14.6 Å². The highest BCUT2D eigenvalue weighted by Crippen LogP contribution is 2.36. The van der Waals surface area contributed by atoms with Crippen molar-refractivity contribution < 1.29 is 19.0 Å². The van der Waals surface area contributed by atoms with Gasteiger partial charge >= 0.3 is 5.97 Å². The molecule has 0 aromatic heterocycles. The van der Waals surface area contributed by atoms with Crippen molar-refractivity contribution in [3.63, 3.8) is 0 Å². The SMILES string of the molecule is COC(=O)CC[C@H]1CN(Cc2ccc(Cl)cc2)CC[C@H]1N1CCc2cc(OC)c(OC)cc2C1. The largest absolute Gasteiger partial charge is 0.493 e. The van der Waals surface area contributed by atoms with Crippen LogP contribution in [0.25, 0.3) is 0 Å². The summed E-state index contributed by atoms with van der Waals surface area (Å²) in [7, 11) is 4.84. The summed E-state index contributed by atoms with van der Waals surface area (Å²) in [5.41, 5.74) is 3.90. The topological polar surface area (TPSA) is 51.2 Å². The minimum atomic E-state index is -0.130. The fourth-order valence-electron chi connectivity index (χ4n) is 5.44. The van der Waals surface area contributed by atoms with E-state index in [0.717, 1.165) is 68.5 Å². The Hall–Kier alpha value is -2.28. The molecule has 0 aliphatic carbocycles. The normalized spacial score (nSPS) is 21.1. The van der Waals surface area contributed by atoms with Crippen LogP contribution in [0.3, 0.4) is 0 Å². The molecule has 0 radical (unpaired) electrons. The molecule has 34 heavy (non-hydrogen) atoms. The molecular formula is C27H35ClN2O4. The fourth-order valence-corrected chi connectivity index (χ4v) is 5.57. The molecule has 184 valence electrons. The second kappa shape index (κ2) is 11.4. The molecule has 2 aromatic rings. The van der Waals surface area contributed by atoms with Gasteiger partial charge in [-0.2, -0.15) is 0 Å². The van der Waals surface area contributed by atoms with E-state index in [-0.39, 0.29) is 5.97 Å². The van der Waals surface area contributed by atoms with Crippen molar-refractivity contribution >= 4 is 17.6 Å². The van der Waals surface area contributed by atoms with E-state index in [1.54, 1.807) is 14.2 Å². The van der Waals surface area contributed by atoms with Crippen LogP contribution in [0, 0.1) is 5.92 Å². The van der Waals surface area contributed by atoms with Gasteiger partial charge in [0.2, 0.25) is 0 Å². The number of halogens is 1. The molecule has 0 spiro atoms. The average Bonchev–Trinajstić information content (AvgIpc) is 2.87. The Labute approximate surface area is 207 Å². The van der Waals surface area contributed by atoms with Gasteiger partial charge < -0.3 is 14.2 Å². The third-order valence-corrected chi connectivity index (χ3v) is 7.51. The van der Waals surface area contributed by atoms with Crippen molar-refractivity contribution in [2.45, 2.75) is 44.8 Å². The quantitative estimate of drug-likeness (QED) is 0.510. The molecule has 2 atom stereocenters. The van der Waals surface area contributed by atoms with E-state index in [2.05, 4.69) is 34.1 Å². The molecule has 2 aliphatic heterocycles. The van der Waals surface area contributed by atoms with E-state index in [1.807, 2.05) is 12.1 Å². The van der Waals surface area contributed by atoms with Gasteiger partial charge in [-0.1, -0.05) is 23.7 Å². The lowest BCUT2D eigenvalue weighted by Crippen LogP contribution is -2.52. The molecule has 4 rings (SSSR count). The highest BCUT2D eigenvalue weighted by atomic mass is 35.5. The van der Waals surface area contributed by atoms with Gasteiger partial charge in [0.15, 0.2) is 11.5 Å². The molecule has 0 bridgehead atoms. The fraction of sp³-hybridized carbons (Fsp3) is 0.519. The number of hydrogen-bond acceptors (Lipinski definition) is 6. The monoisotopic (exact) mass is 486 g/mol. The van der Waals surface area contributed by atoms with Crippen molar-refractivity contribution in [2.24, 2.45) is 5.92 Å². The summed E-state index contributed by atoms with van der Waals surface area (Å²) in [4.78, 5) is 17.1. The van der Waals surface area contributed by atoms with Crippen LogP contribution in [-0.2, 0) is 29.0 Å². The lowest BCUT2D eigenvalue weighted by Gasteiger charge is -2.45. The number of benzene rings is 2. The zero-order chi connectivity index (χ0) is 24.1. The maximum Gasteiger partial charge on any atom is 0.305 e. The van der Waals surface area contributed by atoms with Gasteiger partial charge in [0.25, 0.3) is 0 Å². The molecule has 1 fully saturated rings. The molecular weight excluding hydrogens is 452 g/mol. The Morgan fingerprint density at radius 1 is 1.03 bits per heavy atom. The minimum absolute atomic E-state index is 0.130. The molecule has 7 heteroatoms. The van der Waals surface area contributed by atoms with Crippen LogP contribution in [-0.4, -0.2) is 62.8 Å². The van der Waals surface area contributed by atoms with Crippen LogP contribution >= 0.6 is 11.6 Å². The number of carbonyl (C=O) groups excluding carboxylic acids is 1. The van der Waals surface area contributed by atoms with Gasteiger partial charge in [-0.15, -0.1) is 0 Å². The first-order valence-corrected chi connectivity index (χ1v) is 12.4. The van der Waals surface area contributed by atoms with E-state index in [0.29, 0.717) is 18.4 Å². The Bertz CT molecular complexity index is 981. The van der Waals surface area contributed by atoms with E-state index < -0.39 is 0 Å². The molecule has 0 N–H and O–H groups in total. The number of likely N-dealkylation sites (tertiary alicyclic amines) is 1. The lowest BCUT2D eigenvalue weighted by atomic mass is 9.85. The Balaban J connectivity index is 1.48. The maximum atomic E-state index is 11.9. The summed E-state index contributed by atoms with van der Waals surface area (Å²) in [5.74, 6) is 1.85. The molecule has 6 nitrogen and oxygen atoms in total. The van der Waals surface area contributed by atoms with Crippen molar-refractivity contribution in [1.29, 1.82) is 0 Å². The molecule has 2 aromatic carbocycles. The number of hydrogen-bond donors (Lipinski definition) is 0. The lowest BCUT2D eigenvalue weighted by molar-refractivity contribution is -0.141. The summed E-state index contributed by atoms with van der Waals surface area (Å²) in [6, 6.07) is 12.8. The zero-order valence-electron chi connectivity index (χ0n) is 20.4. The number of methoxy groups -OCH3 is 3. The van der Waals surface area contributed by atoms with Crippen LogP contribution in [0.15, 0.2) is 36.4 Å². The van der Waals surface area contributed by atoms with Gasteiger partial charge in [0, 0.05) is 43.7 Å². The van der Waals surface area contributed by atoms with Crippen LogP contribution in [0.5, 0.6) is 11.5 Å². The van der Waals surface area contributed by atoms with Crippen molar-refractivity contribution in [3.8, 4) is 11.5 Å². The third-order valence-electron chi connectivity index (χ3n) is 7.26. The molecule has 2 aliphatic rings. The van der Waals surface area contributed by atoms with Gasteiger partial charge in [-0.25, -0.2) is 0 Å². The number of rotatable bonds is 8. The summed E-state index contributed by atoms with van der Waals surface area (Å²) >= 11 is 6.06. The number of ether oxygens (including phenoxy) is 3. The number of piperidine rings is 1. The van der Waals surface area contributed by atoms with Crippen molar-refractivity contribution in [2.75, 3.05) is 41.0 Å². The minimum Gasteiger partial charge on any atom is -0.493 e. The first kappa shape index (κ1) is 24.8. The Morgan fingerprint density at radius 2 is 1.74 bits per heavy atom. The van der Waals surface area contributed by atoms with Gasteiger partial charge in [0.05, 0.1) is 21.3 Å². The Kier molecular flexibility index (Phi) is 8.35. The van der Waals surface area contributed by atoms with Crippen LogP contribution in [0.4, 0.5) is 0 Å². The molecule has 0 amide bonds. The molecule has 0 unspecified atom stereocenters. The van der Waals surface area contributed by atoms with E-state index >= 15 is 0 Å². The third kappa shape index (κ3) is 5.85. The standard InChI is InChI=1S/C27H35ClN2O4/c1-32-25-14-20-10-13-30(18-22(20)15-26(25)33-2)24-11-12-29(16-19-4-7-23(28)8-5-19)17-21(24)6-9-27(31)34-3/h4-5,7-8,14-15,21,24H,6,9-13,16-18H2,1-3H3/t21-,24+/m0/s1. The summed E-state index contributed by atoms with van der Waals surface area (Å²) in [6.45, 7) is 4.82. The summed E-state index contributed by atoms with van der Waals surface area (Å²) in [6.07, 6.45) is 3.37. The van der Waals surface area contributed by atoms with Crippen LogP contribution in [0.1, 0.15) is 36.0 Å². The number of nitrogens with zero attached hydrogens (tertiary/aromatic N) is 2. The second-order valence-corrected chi connectivity index (χ2v) is 9.73. The average molecular weight is 487 g/mol. The predicted octanol–water partition coefficient (Wildman–Crippen LogP) is 4.56. The van der Waals surface area contributed by atoms with Crippen molar-refractivity contribution in [3.05, 3.63) is 58.1 Å². The number of carbonyl (C=O) groups is 1. The predicted molar refractivity (Wildman–Crippen MR) is 134 cm³/mol. The van der Waals surface area contributed by atoms with Crippen LogP contribution in [0.2, 0.25) is 5.02 Å². The molecule has 1 saturated heterocycles. The first-order valence-electron chi connectivity index (χ1n) is 12.0. The molecule has 2 heterocycles. The van der Waals surface area contributed by atoms with Crippen molar-refractivity contribution in [1.82, 2.24) is 9.80 Å². The van der Waals surface area contributed by atoms with Gasteiger partial charge in [0.1, 0.15) is 0 Å². The number of fused-ring (bicyclic) bond motifs is 1.